The van der Waals surface area contributed by atoms with Crippen molar-refractivity contribution >= 4 is 11.6 Å². The molecular weight excluding hydrogens is 356 g/mol. The van der Waals surface area contributed by atoms with Crippen LogP contribution in [0.1, 0.15) is 29.0 Å². The predicted molar refractivity (Wildman–Crippen MR) is 119 cm³/mol. The summed E-state index contributed by atoms with van der Waals surface area (Å²) in [5, 5.41) is 3.11. The van der Waals surface area contributed by atoms with Gasteiger partial charge in [0.2, 0.25) is 5.91 Å². The van der Waals surface area contributed by atoms with E-state index in [0.717, 1.165) is 31.7 Å². The number of carbonyl (C=O) groups is 1. The van der Waals surface area contributed by atoms with Gasteiger partial charge in [0.05, 0.1) is 5.92 Å². The molecule has 1 aliphatic rings. The molecule has 3 aromatic carbocycles. The van der Waals surface area contributed by atoms with Gasteiger partial charge in [0, 0.05) is 25.3 Å². The van der Waals surface area contributed by atoms with E-state index in [1.54, 1.807) is 0 Å². The average molecular weight is 385 g/mol. The van der Waals surface area contributed by atoms with Gasteiger partial charge in [-0.05, 0) is 42.5 Å². The standard InChI is InChI=1S/C26H28N2O/c1-20-9-8-12-22(15-20)23-16-24(26(29)27-25-13-6-3-7-14-25)19-28(18-23)17-21-10-4-2-5-11-21/h2-15,23-24H,16-19H2,1H3,(H,27,29)/t23-,24-/m1/s1. The van der Waals surface area contributed by atoms with E-state index in [1.807, 2.05) is 36.4 Å². The number of nitrogens with zero attached hydrogens (tertiary/aromatic N) is 1. The fourth-order valence-corrected chi connectivity index (χ4v) is 4.28. The van der Waals surface area contributed by atoms with E-state index >= 15 is 0 Å². The van der Waals surface area contributed by atoms with E-state index in [0.29, 0.717) is 5.92 Å². The Labute approximate surface area is 173 Å². The third kappa shape index (κ3) is 5.12. The zero-order valence-electron chi connectivity index (χ0n) is 16.9. The maximum absolute atomic E-state index is 13.1. The van der Waals surface area contributed by atoms with E-state index in [-0.39, 0.29) is 11.8 Å². The smallest absolute Gasteiger partial charge is 0.228 e. The first-order valence-corrected chi connectivity index (χ1v) is 10.4. The maximum atomic E-state index is 13.1. The molecule has 3 aromatic rings. The van der Waals surface area contributed by atoms with Gasteiger partial charge in [-0.15, -0.1) is 0 Å². The Bertz CT molecular complexity index is 939. The second-order valence-corrected chi connectivity index (χ2v) is 8.08. The Hall–Kier alpha value is -2.91. The molecule has 1 heterocycles. The first-order chi connectivity index (χ1) is 14.2. The number of para-hydroxylation sites is 1. The van der Waals surface area contributed by atoms with Crippen LogP contribution in [0.15, 0.2) is 84.9 Å². The summed E-state index contributed by atoms with van der Waals surface area (Å²) < 4.78 is 0. The Kier molecular flexibility index (Phi) is 6.06. The third-order valence-electron chi connectivity index (χ3n) is 5.70. The van der Waals surface area contributed by atoms with Crippen molar-refractivity contribution in [3.8, 4) is 0 Å². The molecule has 0 aliphatic carbocycles. The van der Waals surface area contributed by atoms with Gasteiger partial charge < -0.3 is 5.32 Å². The van der Waals surface area contributed by atoms with E-state index in [4.69, 9.17) is 0 Å². The highest BCUT2D eigenvalue weighted by molar-refractivity contribution is 5.92. The SMILES string of the molecule is Cc1cccc([C@@H]2C[C@@H](C(=O)Nc3ccccc3)CN(Cc3ccccc3)C2)c1. The minimum Gasteiger partial charge on any atom is -0.326 e. The topological polar surface area (TPSA) is 32.3 Å². The summed E-state index contributed by atoms with van der Waals surface area (Å²) >= 11 is 0. The van der Waals surface area contributed by atoms with Crippen molar-refractivity contribution in [1.29, 1.82) is 0 Å². The van der Waals surface area contributed by atoms with Crippen LogP contribution in [0.3, 0.4) is 0 Å². The first kappa shape index (κ1) is 19.4. The number of hydrogen-bond donors (Lipinski definition) is 1. The number of nitrogens with one attached hydrogen (secondary N) is 1. The Morgan fingerprint density at radius 3 is 2.38 bits per heavy atom. The lowest BCUT2D eigenvalue weighted by molar-refractivity contribution is -0.121. The van der Waals surface area contributed by atoms with Crippen LogP contribution in [-0.4, -0.2) is 23.9 Å². The maximum Gasteiger partial charge on any atom is 0.228 e. The number of piperidine rings is 1. The lowest BCUT2D eigenvalue weighted by Gasteiger charge is -2.37. The Morgan fingerprint density at radius 1 is 0.931 bits per heavy atom. The van der Waals surface area contributed by atoms with Crippen molar-refractivity contribution in [3.05, 3.63) is 102 Å². The minimum absolute atomic E-state index is 0.0295. The molecule has 0 radical (unpaired) electrons. The van der Waals surface area contributed by atoms with Gasteiger partial charge in [-0.2, -0.15) is 0 Å². The number of aryl methyl sites for hydroxylation is 1. The normalized spacial score (nSPS) is 19.6. The number of rotatable bonds is 5. The predicted octanol–water partition coefficient (Wildman–Crippen LogP) is 5.24. The second kappa shape index (κ2) is 9.06. The van der Waals surface area contributed by atoms with Crippen molar-refractivity contribution in [2.75, 3.05) is 18.4 Å². The number of hydrogen-bond acceptors (Lipinski definition) is 2. The van der Waals surface area contributed by atoms with Crippen molar-refractivity contribution < 1.29 is 4.79 Å². The molecule has 1 N–H and O–H groups in total. The van der Waals surface area contributed by atoms with Crippen molar-refractivity contribution in [1.82, 2.24) is 4.90 Å². The van der Waals surface area contributed by atoms with Gasteiger partial charge in [-0.1, -0.05) is 78.4 Å². The molecule has 148 valence electrons. The Morgan fingerprint density at radius 2 is 1.66 bits per heavy atom. The molecule has 1 saturated heterocycles. The largest absolute Gasteiger partial charge is 0.326 e. The molecule has 0 unspecified atom stereocenters. The van der Waals surface area contributed by atoms with Crippen LogP contribution in [0.5, 0.6) is 0 Å². The van der Waals surface area contributed by atoms with Crippen LogP contribution in [0.4, 0.5) is 5.69 Å². The molecule has 1 aliphatic heterocycles. The summed E-state index contributed by atoms with van der Waals surface area (Å²) in [6.07, 6.45) is 0.882. The summed E-state index contributed by atoms with van der Waals surface area (Å²) in [5.41, 5.74) is 4.76. The molecule has 29 heavy (non-hydrogen) atoms. The average Bonchev–Trinajstić information content (AvgIpc) is 2.75. The molecule has 0 saturated carbocycles. The van der Waals surface area contributed by atoms with Gasteiger partial charge in [0.15, 0.2) is 0 Å². The quantitative estimate of drug-likeness (QED) is 0.652. The van der Waals surface area contributed by atoms with Crippen molar-refractivity contribution in [2.45, 2.75) is 25.8 Å². The van der Waals surface area contributed by atoms with E-state index in [1.165, 1.54) is 16.7 Å². The zero-order chi connectivity index (χ0) is 20.1. The first-order valence-electron chi connectivity index (χ1n) is 10.4. The minimum atomic E-state index is -0.0295. The van der Waals surface area contributed by atoms with E-state index < -0.39 is 0 Å². The third-order valence-corrected chi connectivity index (χ3v) is 5.70. The summed E-state index contributed by atoms with van der Waals surface area (Å²) in [4.78, 5) is 15.5. The highest BCUT2D eigenvalue weighted by Gasteiger charge is 2.32. The van der Waals surface area contributed by atoms with Crippen LogP contribution in [-0.2, 0) is 11.3 Å². The van der Waals surface area contributed by atoms with Crippen LogP contribution < -0.4 is 5.32 Å². The summed E-state index contributed by atoms with van der Waals surface area (Å²) in [7, 11) is 0. The van der Waals surface area contributed by atoms with E-state index in [2.05, 4.69) is 65.7 Å². The van der Waals surface area contributed by atoms with Crippen LogP contribution in [0, 0.1) is 12.8 Å². The van der Waals surface area contributed by atoms with Crippen LogP contribution in [0.25, 0.3) is 0 Å². The van der Waals surface area contributed by atoms with Gasteiger partial charge >= 0.3 is 0 Å². The Balaban J connectivity index is 1.54. The lowest BCUT2D eigenvalue weighted by Crippen LogP contribution is -2.43. The molecule has 0 spiro atoms. The zero-order valence-corrected chi connectivity index (χ0v) is 16.9. The van der Waals surface area contributed by atoms with Crippen LogP contribution in [0.2, 0.25) is 0 Å². The van der Waals surface area contributed by atoms with Crippen molar-refractivity contribution in [3.63, 3.8) is 0 Å². The fourth-order valence-electron chi connectivity index (χ4n) is 4.28. The highest BCUT2D eigenvalue weighted by atomic mass is 16.1. The summed E-state index contributed by atoms with van der Waals surface area (Å²) in [5.74, 6) is 0.448. The highest BCUT2D eigenvalue weighted by Crippen LogP contribution is 2.32. The van der Waals surface area contributed by atoms with Crippen molar-refractivity contribution in [2.24, 2.45) is 5.92 Å². The monoisotopic (exact) mass is 384 g/mol. The van der Waals surface area contributed by atoms with Gasteiger partial charge in [0.25, 0.3) is 0 Å². The molecule has 4 rings (SSSR count). The molecular formula is C26H28N2O. The number of carbonyl (C=O) groups excluding carboxylic acids is 1. The second-order valence-electron chi connectivity index (χ2n) is 8.08. The number of likely N-dealkylation sites (tertiary alicyclic amines) is 1. The van der Waals surface area contributed by atoms with Gasteiger partial charge in [-0.3, -0.25) is 9.69 Å². The number of anilines is 1. The van der Waals surface area contributed by atoms with E-state index in [9.17, 15) is 4.79 Å². The summed E-state index contributed by atoms with van der Waals surface area (Å²) in [6.45, 7) is 4.77. The molecule has 1 fully saturated rings. The lowest BCUT2D eigenvalue weighted by atomic mass is 9.83. The van der Waals surface area contributed by atoms with Gasteiger partial charge in [-0.25, -0.2) is 0 Å². The molecule has 3 heteroatoms. The molecule has 0 bridgehead atoms. The fraction of sp³-hybridized carbons (Fsp3) is 0.269. The number of amides is 1. The van der Waals surface area contributed by atoms with Gasteiger partial charge in [0.1, 0.15) is 0 Å². The molecule has 3 nitrogen and oxygen atoms in total. The molecule has 2 atom stereocenters. The molecule has 0 aromatic heterocycles. The number of benzene rings is 3. The molecule has 1 amide bonds. The summed E-state index contributed by atoms with van der Waals surface area (Å²) in [6, 6.07) is 29.0. The van der Waals surface area contributed by atoms with Crippen LogP contribution >= 0.6 is 0 Å².